The molecule has 0 saturated carbocycles. The van der Waals surface area contributed by atoms with Gasteiger partial charge in [-0.3, -0.25) is 4.98 Å². The molecule has 1 saturated heterocycles. The minimum atomic E-state index is -0.201. The quantitative estimate of drug-likeness (QED) is 0.690. The molecule has 5 rings (SSSR count). The number of rotatable bonds is 1. The lowest BCUT2D eigenvalue weighted by Gasteiger charge is -2.41. The van der Waals surface area contributed by atoms with Crippen molar-refractivity contribution in [1.29, 1.82) is 0 Å². The fraction of sp³-hybridized carbons (Fsp3) is 0.316. The van der Waals surface area contributed by atoms with E-state index in [0.29, 0.717) is 12.3 Å². The van der Waals surface area contributed by atoms with Crippen molar-refractivity contribution in [3.63, 3.8) is 0 Å². The highest BCUT2D eigenvalue weighted by molar-refractivity contribution is 5.71. The van der Waals surface area contributed by atoms with Gasteiger partial charge in [-0.1, -0.05) is 24.3 Å². The standard InChI is InChI=1S/C19H18N4O/c1-2-4-15-14(3-1)7-8-19(15)13-23(11-12-24-19)17-6-5-16-18(22-17)21-10-9-20-16/h1-6,9-10H,7-8,11-13H2. The first-order chi connectivity index (χ1) is 11.8. The van der Waals surface area contributed by atoms with E-state index in [9.17, 15) is 0 Å². The van der Waals surface area contributed by atoms with Gasteiger partial charge in [-0.05, 0) is 36.1 Å². The van der Waals surface area contributed by atoms with Crippen LogP contribution >= 0.6 is 0 Å². The zero-order valence-corrected chi connectivity index (χ0v) is 13.4. The highest BCUT2D eigenvalue weighted by Crippen LogP contribution is 2.42. The Kier molecular flexibility index (Phi) is 3.03. The summed E-state index contributed by atoms with van der Waals surface area (Å²) in [7, 11) is 0. The van der Waals surface area contributed by atoms with Crippen molar-refractivity contribution in [3.05, 3.63) is 59.9 Å². The van der Waals surface area contributed by atoms with E-state index >= 15 is 0 Å². The second-order valence-corrected chi connectivity index (χ2v) is 6.49. The first kappa shape index (κ1) is 13.9. The molecule has 0 amide bonds. The lowest BCUT2D eigenvalue weighted by atomic mass is 9.93. The van der Waals surface area contributed by atoms with Gasteiger partial charge in [0.25, 0.3) is 0 Å². The molecule has 1 fully saturated rings. The Morgan fingerprint density at radius 3 is 2.96 bits per heavy atom. The molecule has 1 aliphatic carbocycles. The molecule has 3 heterocycles. The third kappa shape index (κ3) is 2.08. The number of aryl methyl sites for hydroxylation is 1. The fourth-order valence-electron chi connectivity index (χ4n) is 3.97. The molecule has 2 aromatic heterocycles. The van der Waals surface area contributed by atoms with Gasteiger partial charge in [0, 0.05) is 18.9 Å². The summed E-state index contributed by atoms with van der Waals surface area (Å²) in [5, 5.41) is 0. The minimum absolute atomic E-state index is 0.201. The van der Waals surface area contributed by atoms with Crippen molar-refractivity contribution in [2.24, 2.45) is 0 Å². The highest BCUT2D eigenvalue weighted by atomic mass is 16.5. The molecule has 3 aromatic rings. The van der Waals surface area contributed by atoms with Crippen LogP contribution in [0.25, 0.3) is 11.2 Å². The van der Waals surface area contributed by atoms with Gasteiger partial charge in [0.15, 0.2) is 5.65 Å². The first-order valence-corrected chi connectivity index (χ1v) is 8.39. The topological polar surface area (TPSA) is 51.1 Å². The van der Waals surface area contributed by atoms with E-state index in [1.54, 1.807) is 12.4 Å². The van der Waals surface area contributed by atoms with Gasteiger partial charge < -0.3 is 9.64 Å². The lowest BCUT2D eigenvalue weighted by Crippen LogP contribution is -2.49. The second-order valence-electron chi connectivity index (χ2n) is 6.49. The Morgan fingerprint density at radius 1 is 1.04 bits per heavy atom. The zero-order valence-electron chi connectivity index (χ0n) is 13.4. The largest absolute Gasteiger partial charge is 0.367 e. The van der Waals surface area contributed by atoms with Crippen LogP contribution in [-0.2, 0) is 16.8 Å². The highest BCUT2D eigenvalue weighted by Gasteiger charge is 2.43. The molecular formula is C19H18N4O. The van der Waals surface area contributed by atoms with Crippen molar-refractivity contribution in [3.8, 4) is 0 Å². The number of ether oxygens (including phenoxy) is 1. The molecule has 1 aromatic carbocycles. The van der Waals surface area contributed by atoms with Gasteiger partial charge in [0.1, 0.15) is 16.9 Å². The number of pyridine rings is 1. The van der Waals surface area contributed by atoms with Crippen molar-refractivity contribution >= 4 is 17.0 Å². The summed E-state index contributed by atoms with van der Waals surface area (Å²) in [5.74, 6) is 0.954. The van der Waals surface area contributed by atoms with Crippen LogP contribution in [0.3, 0.4) is 0 Å². The van der Waals surface area contributed by atoms with E-state index in [2.05, 4.69) is 39.1 Å². The normalized spacial score (nSPS) is 22.9. The molecule has 0 bridgehead atoms. The zero-order chi connectivity index (χ0) is 16.0. The van der Waals surface area contributed by atoms with Gasteiger partial charge in [-0.25, -0.2) is 9.97 Å². The number of nitrogens with zero attached hydrogens (tertiary/aromatic N) is 4. The van der Waals surface area contributed by atoms with Gasteiger partial charge in [-0.2, -0.15) is 0 Å². The van der Waals surface area contributed by atoms with E-state index in [1.807, 2.05) is 12.1 Å². The molecule has 1 spiro atoms. The summed E-state index contributed by atoms with van der Waals surface area (Å²) in [6.45, 7) is 2.40. The van der Waals surface area contributed by atoms with Gasteiger partial charge in [-0.15, -0.1) is 0 Å². The Labute approximate surface area is 140 Å². The van der Waals surface area contributed by atoms with Crippen LogP contribution in [0.2, 0.25) is 0 Å². The number of hydrogen-bond acceptors (Lipinski definition) is 5. The fourth-order valence-corrected chi connectivity index (χ4v) is 3.97. The predicted molar refractivity (Wildman–Crippen MR) is 91.9 cm³/mol. The van der Waals surface area contributed by atoms with Crippen LogP contribution in [-0.4, -0.2) is 34.6 Å². The second kappa shape index (κ2) is 5.24. The lowest BCUT2D eigenvalue weighted by molar-refractivity contribution is -0.0594. The average molecular weight is 318 g/mol. The molecule has 24 heavy (non-hydrogen) atoms. The Bertz CT molecular complexity index is 909. The summed E-state index contributed by atoms with van der Waals surface area (Å²) >= 11 is 0. The van der Waals surface area contributed by atoms with E-state index in [4.69, 9.17) is 9.72 Å². The van der Waals surface area contributed by atoms with Gasteiger partial charge in [0.05, 0.1) is 13.2 Å². The SMILES string of the molecule is c1ccc2c(c1)CCC21CN(c2ccc3nccnc3n2)CCO1. The number of aromatic nitrogens is 3. The van der Waals surface area contributed by atoms with Crippen LogP contribution < -0.4 is 4.90 Å². The Morgan fingerprint density at radius 2 is 1.96 bits per heavy atom. The number of fused-ring (bicyclic) bond motifs is 3. The summed E-state index contributed by atoms with van der Waals surface area (Å²) in [4.78, 5) is 15.7. The molecule has 120 valence electrons. The van der Waals surface area contributed by atoms with Crippen LogP contribution in [0.1, 0.15) is 17.5 Å². The average Bonchev–Trinajstić information content (AvgIpc) is 3.00. The summed E-state index contributed by atoms with van der Waals surface area (Å²) < 4.78 is 6.29. The molecule has 5 nitrogen and oxygen atoms in total. The van der Waals surface area contributed by atoms with Crippen LogP contribution in [0.15, 0.2) is 48.8 Å². The smallest absolute Gasteiger partial charge is 0.180 e. The van der Waals surface area contributed by atoms with Gasteiger partial charge in [0.2, 0.25) is 0 Å². The van der Waals surface area contributed by atoms with E-state index in [-0.39, 0.29) is 5.60 Å². The predicted octanol–water partition coefficient (Wildman–Crippen LogP) is 2.70. The summed E-state index contributed by atoms with van der Waals surface area (Å²) in [6.07, 6.45) is 5.51. The molecule has 1 aliphatic heterocycles. The summed E-state index contributed by atoms with van der Waals surface area (Å²) in [6, 6.07) is 12.7. The van der Waals surface area contributed by atoms with Gasteiger partial charge >= 0.3 is 0 Å². The molecule has 0 radical (unpaired) electrons. The number of morpholine rings is 1. The van der Waals surface area contributed by atoms with Crippen LogP contribution in [0.4, 0.5) is 5.82 Å². The molecule has 1 atom stereocenters. The number of hydrogen-bond donors (Lipinski definition) is 0. The molecular weight excluding hydrogens is 300 g/mol. The van der Waals surface area contributed by atoms with E-state index in [0.717, 1.165) is 37.3 Å². The summed E-state index contributed by atoms with van der Waals surface area (Å²) in [5.41, 5.74) is 4.08. The molecule has 5 heteroatoms. The third-order valence-corrected chi connectivity index (χ3v) is 5.13. The maximum Gasteiger partial charge on any atom is 0.180 e. The molecule has 2 aliphatic rings. The minimum Gasteiger partial charge on any atom is -0.367 e. The van der Waals surface area contributed by atoms with E-state index in [1.165, 1.54) is 11.1 Å². The maximum absolute atomic E-state index is 6.29. The van der Waals surface area contributed by atoms with Crippen LogP contribution in [0.5, 0.6) is 0 Å². The van der Waals surface area contributed by atoms with Crippen molar-refractivity contribution in [1.82, 2.24) is 15.0 Å². The molecule has 1 unspecified atom stereocenters. The molecule has 0 N–H and O–H groups in total. The van der Waals surface area contributed by atoms with Crippen LogP contribution in [0, 0.1) is 0 Å². The first-order valence-electron chi connectivity index (χ1n) is 8.39. The number of benzene rings is 1. The number of anilines is 1. The monoisotopic (exact) mass is 318 g/mol. The Balaban J connectivity index is 1.51. The maximum atomic E-state index is 6.29. The van der Waals surface area contributed by atoms with Crippen molar-refractivity contribution in [2.75, 3.05) is 24.6 Å². The Hall–Kier alpha value is -2.53. The third-order valence-electron chi connectivity index (χ3n) is 5.13. The van der Waals surface area contributed by atoms with Crippen molar-refractivity contribution < 1.29 is 4.74 Å². The van der Waals surface area contributed by atoms with E-state index < -0.39 is 0 Å². The van der Waals surface area contributed by atoms with Crippen molar-refractivity contribution in [2.45, 2.75) is 18.4 Å².